The van der Waals surface area contributed by atoms with Crippen LogP contribution in [-0.2, 0) is 4.79 Å². The van der Waals surface area contributed by atoms with Gasteiger partial charge >= 0.3 is 0 Å². The maximum atomic E-state index is 12.5. The number of benzene rings is 3. The minimum absolute atomic E-state index is 0.0244. The predicted molar refractivity (Wildman–Crippen MR) is 105 cm³/mol. The van der Waals surface area contributed by atoms with Gasteiger partial charge in [-0.05, 0) is 17.7 Å². The minimum Gasteiger partial charge on any atom is -0.493 e. The number of ether oxygens (including phenoxy) is 2. The molecule has 0 spiro atoms. The number of hydrogen-bond acceptors (Lipinski definition) is 3. The third-order valence-electron chi connectivity index (χ3n) is 4.62. The van der Waals surface area contributed by atoms with Crippen LogP contribution >= 0.6 is 0 Å². The zero-order valence-corrected chi connectivity index (χ0v) is 14.9. The van der Waals surface area contributed by atoms with E-state index in [2.05, 4.69) is 5.32 Å². The maximum Gasteiger partial charge on any atom is 0.258 e. The van der Waals surface area contributed by atoms with E-state index in [1.807, 2.05) is 78.9 Å². The topological polar surface area (TPSA) is 47.6 Å². The molecule has 0 bridgehead atoms. The van der Waals surface area contributed by atoms with Crippen molar-refractivity contribution in [1.82, 2.24) is 5.32 Å². The molecular formula is C23H21NO3. The number of carbonyl (C=O) groups excluding carboxylic acids is 1. The van der Waals surface area contributed by atoms with E-state index in [1.54, 1.807) is 0 Å². The van der Waals surface area contributed by atoms with E-state index < -0.39 is 0 Å². The van der Waals surface area contributed by atoms with E-state index >= 15 is 0 Å². The first-order chi connectivity index (χ1) is 13.3. The van der Waals surface area contributed by atoms with Crippen LogP contribution in [0.25, 0.3) is 11.1 Å². The lowest BCUT2D eigenvalue weighted by Gasteiger charge is -2.26. The summed E-state index contributed by atoms with van der Waals surface area (Å²) in [5, 5.41) is 3.06. The van der Waals surface area contributed by atoms with Crippen LogP contribution in [0.1, 0.15) is 18.0 Å². The molecule has 27 heavy (non-hydrogen) atoms. The van der Waals surface area contributed by atoms with Crippen LogP contribution in [0.2, 0.25) is 0 Å². The molecule has 1 aliphatic heterocycles. The Morgan fingerprint density at radius 3 is 2.59 bits per heavy atom. The number of carbonyl (C=O) groups is 1. The lowest BCUT2D eigenvalue weighted by atomic mass is 10.0. The zero-order chi connectivity index (χ0) is 18.5. The summed E-state index contributed by atoms with van der Waals surface area (Å²) in [5.41, 5.74) is 3.05. The number of fused-ring (bicyclic) bond motifs is 1. The maximum absolute atomic E-state index is 12.5. The molecule has 0 saturated heterocycles. The van der Waals surface area contributed by atoms with Crippen molar-refractivity contribution in [1.29, 1.82) is 0 Å². The third kappa shape index (κ3) is 3.95. The number of hydrogen-bond donors (Lipinski definition) is 1. The smallest absolute Gasteiger partial charge is 0.258 e. The molecule has 136 valence electrons. The average molecular weight is 359 g/mol. The molecule has 1 atom stereocenters. The first kappa shape index (κ1) is 17.2. The second-order valence-electron chi connectivity index (χ2n) is 6.45. The fourth-order valence-corrected chi connectivity index (χ4v) is 3.32. The monoisotopic (exact) mass is 359 g/mol. The average Bonchev–Trinajstić information content (AvgIpc) is 2.73. The highest BCUT2D eigenvalue weighted by Crippen LogP contribution is 2.32. The van der Waals surface area contributed by atoms with E-state index in [4.69, 9.17) is 9.47 Å². The summed E-state index contributed by atoms with van der Waals surface area (Å²) in [7, 11) is 0. The number of para-hydroxylation sites is 2. The Morgan fingerprint density at radius 1 is 0.963 bits per heavy atom. The molecule has 3 aromatic rings. The molecule has 3 aromatic carbocycles. The molecule has 1 heterocycles. The molecule has 0 aliphatic carbocycles. The Balaban J connectivity index is 1.43. The first-order valence-corrected chi connectivity index (χ1v) is 9.09. The molecular weight excluding hydrogens is 338 g/mol. The van der Waals surface area contributed by atoms with Gasteiger partial charge in [0.15, 0.2) is 6.61 Å². The first-order valence-electron chi connectivity index (χ1n) is 9.09. The van der Waals surface area contributed by atoms with Gasteiger partial charge in [-0.2, -0.15) is 0 Å². The van der Waals surface area contributed by atoms with Crippen molar-refractivity contribution in [3.05, 3.63) is 84.4 Å². The molecule has 1 aliphatic rings. The molecule has 4 rings (SSSR count). The summed E-state index contributed by atoms with van der Waals surface area (Å²) >= 11 is 0. The Morgan fingerprint density at radius 2 is 1.70 bits per heavy atom. The van der Waals surface area contributed by atoms with Crippen molar-refractivity contribution in [3.8, 4) is 22.6 Å². The van der Waals surface area contributed by atoms with Gasteiger partial charge in [0.25, 0.3) is 5.91 Å². The van der Waals surface area contributed by atoms with Crippen molar-refractivity contribution >= 4 is 5.91 Å². The standard InChI is InChI=1S/C23H21NO3/c25-23(24-20-14-15-26-22-13-7-5-11-19(20)22)16-27-21-12-6-4-10-18(21)17-8-2-1-3-9-17/h1-13,20H,14-16H2,(H,24,25)/t20-/m0/s1. The van der Waals surface area contributed by atoms with Crippen molar-refractivity contribution < 1.29 is 14.3 Å². The van der Waals surface area contributed by atoms with Gasteiger partial charge in [0.1, 0.15) is 11.5 Å². The Bertz CT molecular complexity index is 924. The third-order valence-corrected chi connectivity index (χ3v) is 4.62. The van der Waals surface area contributed by atoms with Gasteiger partial charge in [-0.25, -0.2) is 0 Å². The van der Waals surface area contributed by atoms with Gasteiger partial charge in [0.05, 0.1) is 12.6 Å². The Hall–Kier alpha value is -3.27. The summed E-state index contributed by atoms with van der Waals surface area (Å²) in [6.45, 7) is 0.572. The van der Waals surface area contributed by atoms with E-state index in [0.717, 1.165) is 28.9 Å². The van der Waals surface area contributed by atoms with Crippen LogP contribution in [0.4, 0.5) is 0 Å². The van der Waals surface area contributed by atoms with Crippen LogP contribution in [0.3, 0.4) is 0 Å². The molecule has 0 saturated carbocycles. The second kappa shape index (κ2) is 7.96. The summed E-state index contributed by atoms with van der Waals surface area (Å²) < 4.78 is 11.5. The fraction of sp³-hybridized carbons (Fsp3) is 0.174. The molecule has 0 radical (unpaired) electrons. The molecule has 4 nitrogen and oxygen atoms in total. The number of nitrogens with one attached hydrogen (secondary N) is 1. The highest BCUT2D eigenvalue weighted by atomic mass is 16.5. The van der Waals surface area contributed by atoms with Gasteiger partial charge in [-0.1, -0.05) is 66.7 Å². The van der Waals surface area contributed by atoms with Gasteiger partial charge < -0.3 is 14.8 Å². The van der Waals surface area contributed by atoms with Crippen molar-refractivity contribution in [3.63, 3.8) is 0 Å². The largest absolute Gasteiger partial charge is 0.493 e. The zero-order valence-electron chi connectivity index (χ0n) is 14.9. The fourth-order valence-electron chi connectivity index (χ4n) is 3.32. The van der Waals surface area contributed by atoms with Crippen LogP contribution in [0, 0.1) is 0 Å². The van der Waals surface area contributed by atoms with Crippen LogP contribution < -0.4 is 14.8 Å². The van der Waals surface area contributed by atoms with Crippen LogP contribution in [0.5, 0.6) is 11.5 Å². The van der Waals surface area contributed by atoms with E-state index in [-0.39, 0.29) is 18.6 Å². The molecule has 4 heteroatoms. The molecule has 0 fully saturated rings. The summed E-state index contributed by atoms with van der Waals surface area (Å²) in [6, 6.07) is 25.5. The van der Waals surface area contributed by atoms with Crippen molar-refractivity contribution in [2.75, 3.05) is 13.2 Å². The minimum atomic E-state index is -0.139. The lowest BCUT2D eigenvalue weighted by molar-refractivity contribution is -0.124. The highest BCUT2D eigenvalue weighted by Gasteiger charge is 2.22. The second-order valence-corrected chi connectivity index (χ2v) is 6.45. The van der Waals surface area contributed by atoms with Gasteiger partial charge in [0.2, 0.25) is 0 Å². The summed E-state index contributed by atoms with van der Waals surface area (Å²) in [4.78, 5) is 12.5. The van der Waals surface area contributed by atoms with Gasteiger partial charge in [0, 0.05) is 17.5 Å². The van der Waals surface area contributed by atoms with E-state index in [9.17, 15) is 4.79 Å². The summed E-state index contributed by atoms with van der Waals surface area (Å²) in [5.74, 6) is 1.40. The quantitative estimate of drug-likeness (QED) is 0.736. The van der Waals surface area contributed by atoms with Crippen molar-refractivity contribution in [2.45, 2.75) is 12.5 Å². The van der Waals surface area contributed by atoms with Gasteiger partial charge in [-0.15, -0.1) is 0 Å². The number of amides is 1. The SMILES string of the molecule is O=C(COc1ccccc1-c1ccccc1)N[C@H]1CCOc2ccccc21. The van der Waals surface area contributed by atoms with Crippen LogP contribution in [0.15, 0.2) is 78.9 Å². The molecule has 1 amide bonds. The normalized spacial score (nSPS) is 15.3. The lowest BCUT2D eigenvalue weighted by Crippen LogP contribution is -2.35. The van der Waals surface area contributed by atoms with E-state index in [0.29, 0.717) is 12.4 Å². The molecule has 1 N–H and O–H groups in total. The Labute approximate surface area is 158 Å². The number of rotatable bonds is 5. The highest BCUT2D eigenvalue weighted by molar-refractivity contribution is 5.79. The van der Waals surface area contributed by atoms with Crippen molar-refractivity contribution in [2.24, 2.45) is 0 Å². The predicted octanol–water partition coefficient (Wildman–Crippen LogP) is 4.37. The molecule has 0 aromatic heterocycles. The molecule has 0 unspecified atom stereocenters. The van der Waals surface area contributed by atoms with Crippen LogP contribution in [-0.4, -0.2) is 19.1 Å². The van der Waals surface area contributed by atoms with E-state index in [1.165, 1.54) is 0 Å². The van der Waals surface area contributed by atoms with Gasteiger partial charge in [-0.3, -0.25) is 4.79 Å². The summed E-state index contributed by atoms with van der Waals surface area (Å²) in [6.07, 6.45) is 0.753. The Kier molecular flexibility index (Phi) is 5.06.